The van der Waals surface area contributed by atoms with Crippen LogP contribution in [0.15, 0.2) is 36.7 Å². The molecule has 0 radical (unpaired) electrons. The molecule has 5 nitrogen and oxygen atoms in total. The van der Waals surface area contributed by atoms with E-state index < -0.39 is 0 Å². The molecule has 2 rings (SSSR count). The number of anilines is 1. The second-order valence-corrected chi connectivity index (χ2v) is 5.37. The van der Waals surface area contributed by atoms with E-state index in [4.69, 9.17) is 17.3 Å². The molecule has 2 aromatic rings. The van der Waals surface area contributed by atoms with Crippen LogP contribution >= 0.6 is 11.6 Å². The Bertz CT molecular complexity index is 598. The summed E-state index contributed by atoms with van der Waals surface area (Å²) >= 11 is 6.03. The molecule has 0 aliphatic rings. The van der Waals surface area contributed by atoms with Crippen molar-refractivity contribution in [2.24, 2.45) is 11.7 Å². The highest BCUT2D eigenvalue weighted by molar-refractivity contribution is 6.31. The van der Waals surface area contributed by atoms with Gasteiger partial charge in [0.15, 0.2) is 0 Å². The molecule has 1 unspecified atom stereocenters. The van der Waals surface area contributed by atoms with Gasteiger partial charge in [0, 0.05) is 23.3 Å². The van der Waals surface area contributed by atoms with E-state index in [2.05, 4.69) is 10.4 Å². The smallest absolute Gasteiger partial charge is 0.227 e. The topological polar surface area (TPSA) is 72.9 Å². The van der Waals surface area contributed by atoms with Gasteiger partial charge in [-0.05, 0) is 43.7 Å². The van der Waals surface area contributed by atoms with E-state index in [0.29, 0.717) is 17.3 Å². The maximum atomic E-state index is 12.2. The molecule has 0 spiro atoms. The number of nitrogens with two attached hydrogens (primary N) is 1. The van der Waals surface area contributed by atoms with Gasteiger partial charge in [-0.2, -0.15) is 5.10 Å². The Morgan fingerprint density at radius 1 is 1.52 bits per heavy atom. The van der Waals surface area contributed by atoms with Crippen molar-refractivity contribution in [3.8, 4) is 5.69 Å². The van der Waals surface area contributed by atoms with Crippen LogP contribution in [0.25, 0.3) is 5.69 Å². The van der Waals surface area contributed by atoms with Gasteiger partial charge < -0.3 is 11.1 Å². The summed E-state index contributed by atoms with van der Waals surface area (Å²) in [4.78, 5) is 12.2. The predicted octanol–water partition coefficient (Wildman–Crippen LogP) is 2.84. The van der Waals surface area contributed by atoms with Gasteiger partial charge in [0.05, 0.1) is 11.4 Å². The first-order chi connectivity index (χ1) is 10.1. The number of halogens is 1. The van der Waals surface area contributed by atoms with Gasteiger partial charge in [0.2, 0.25) is 5.91 Å². The average Bonchev–Trinajstić information content (AvgIpc) is 2.98. The van der Waals surface area contributed by atoms with E-state index in [1.54, 1.807) is 23.0 Å². The molecular weight excluding hydrogens is 288 g/mol. The Kier molecular flexibility index (Phi) is 5.36. The van der Waals surface area contributed by atoms with E-state index in [0.717, 1.165) is 18.5 Å². The molecule has 21 heavy (non-hydrogen) atoms. The molecule has 112 valence electrons. The number of hydrogen-bond acceptors (Lipinski definition) is 3. The highest BCUT2D eigenvalue weighted by atomic mass is 35.5. The van der Waals surface area contributed by atoms with Crippen LogP contribution in [0.1, 0.15) is 19.8 Å². The first-order valence-electron chi connectivity index (χ1n) is 6.92. The highest BCUT2D eigenvalue weighted by Crippen LogP contribution is 2.25. The van der Waals surface area contributed by atoms with Crippen LogP contribution < -0.4 is 11.1 Å². The maximum absolute atomic E-state index is 12.2. The van der Waals surface area contributed by atoms with Crippen molar-refractivity contribution in [3.05, 3.63) is 41.7 Å². The third kappa shape index (κ3) is 4.06. The molecule has 6 heteroatoms. The minimum atomic E-state index is -0.0991. The Morgan fingerprint density at radius 2 is 2.33 bits per heavy atom. The summed E-state index contributed by atoms with van der Waals surface area (Å²) in [5, 5.41) is 7.67. The van der Waals surface area contributed by atoms with Crippen LogP contribution in [0.5, 0.6) is 0 Å². The lowest BCUT2D eigenvalue weighted by Gasteiger charge is -2.15. The third-order valence-electron chi connectivity index (χ3n) is 3.26. The Labute approximate surface area is 129 Å². The average molecular weight is 307 g/mol. The largest absolute Gasteiger partial charge is 0.330 e. The quantitative estimate of drug-likeness (QED) is 0.862. The number of hydrogen-bond donors (Lipinski definition) is 2. The monoisotopic (exact) mass is 306 g/mol. The van der Waals surface area contributed by atoms with Gasteiger partial charge >= 0.3 is 0 Å². The number of carbonyl (C=O) groups excluding carboxylic acids is 1. The Balaban J connectivity index is 2.19. The molecule has 0 bridgehead atoms. The summed E-state index contributed by atoms with van der Waals surface area (Å²) in [5.41, 5.74) is 6.91. The van der Waals surface area contributed by atoms with Gasteiger partial charge in [-0.3, -0.25) is 4.79 Å². The number of nitrogens with one attached hydrogen (secondary N) is 1. The molecule has 3 N–H and O–H groups in total. The van der Waals surface area contributed by atoms with Gasteiger partial charge in [-0.1, -0.05) is 18.5 Å². The van der Waals surface area contributed by atoms with E-state index in [9.17, 15) is 4.79 Å². The van der Waals surface area contributed by atoms with Gasteiger partial charge in [0.25, 0.3) is 0 Å². The summed E-state index contributed by atoms with van der Waals surface area (Å²) in [6.45, 7) is 2.48. The fraction of sp³-hybridized carbons (Fsp3) is 0.333. The fourth-order valence-corrected chi connectivity index (χ4v) is 2.20. The summed E-state index contributed by atoms with van der Waals surface area (Å²) in [6.07, 6.45) is 5.09. The minimum absolute atomic E-state index is 0.0425. The fourth-order valence-electron chi connectivity index (χ4n) is 2.03. The van der Waals surface area contributed by atoms with E-state index >= 15 is 0 Å². The molecule has 1 aromatic carbocycles. The van der Waals surface area contributed by atoms with Gasteiger partial charge in [-0.25, -0.2) is 4.68 Å². The standard InChI is InChI=1S/C15H19ClN4O/c1-11(4-2-7-17)15(21)19-13-10-12(16)5-6-14(13)20-9-3-8-18-20/h3,5-6,8-11H,2,4,7,17H2,1H3,(H,19,21). The van der Waals surface area contributed by atoms with Crippen LogP contribution in [0.3, 0.4) is 0 Å². The van der Waals surface area contributed by atoms with E-state index in [1.807, 2.05) is 25.3 Å². The van der Waals surface area contributed by atoms with Crippen molar-refractivity contribution in [3.63, 3.8) is 0 Å². The lowest BCUT2D eigenvalue weighted by Crippen LogP contribution is -2.22. The molecule has 0 aliphatic heterocycles. The van der Waals surface area contributed by atoms with Gasteiger partial charge in [-0.15, -0.1) is 0 Å². The summed E-state index contributed by atoms with van der Waals surface area (Å²) < 4.78 is 1.69. The number of rotatable bonds is 6. The molecule has 0 aliphatic carbocycles. The minimum Gasteiger partial charge on any atom is -0.330 e. The lowest BCUT2D eigenvalue weighted by molar-refractivity contribution is -0.119. The molecule has 1 amide bonds. The zero-order valence-electron chi connectivity index (χ0n) is 11.9. The van der Waals surface area contributed by atoms with Crippen LogP contribution in [-0.4, -0.2) is 22.2 Å². The summed E-state index contributed by atoms with van der Waals surface area (Å²) in [6, 6.07) is 7.15. The maximum Gasteiger partial charge on any atom is 0.227 e. The predicted molar refractivity (Wildman–Crippen MR) is 84.7 cm³/mol. The van der Waals surface area contributed by atoms with Crippen LogP contribution in [0, 0.1) is 5.92 Å². The molecule has 1 aromatic heterocycles. The highest BCUT2D eigenvalue weighted by Gasteiger charge is 2.15. The second kappa shape index (κ2) is 7.24. The summed E-state index contributed by atoms with van der Waals surface area (Å²) in [7, 11) is 0. The number of nitrogens with zero attached hydrogens (tertiary/aromatic N) is 2. The number of carbonyl (C=O) groups is 1. The van der Waals surface area contributed by atoms with Crippen molar-refractivity contribution in [2.45, 2.75) is 19.8 Å². The normalized spacial score (nSPS) is 12.1. The number of aromatic nitrogens is 2. The lowest BCUT2D eigenvalue weighted by atomic mass is 10.0. The second-order valence-electron chi connectivity index (χ2n) is 4.93. The van der Waals surface area contributed by atoms with E-state index in [1.165, 1.54) is 0 Å². The van der Waals surface area contributed by atoms with Crippen molar-refractivity contribution >= 4 is 23.2 Å². The first kappa shape index (κ1) is 15.5. The zero-order chi connectivity index (χ0) is 15.2. The first-order valence-corrected chi connectivity index (χ1v) is 7.30. The van der Waals surface area contributed by atoms with Gasteiger partial charge in [0.1, 0.15) is 0 Å². The van der Waals surface area contributed by atoms with Crippen molar-refractivity contribution in [1.29, 1.82) is 0 Å². The van der Waals surface area contributed by atoms with Crippen LogP contribution in [0.2, 0.25) is 5.02 Å². The number of amides is 1. The van der Waals surface area contributed by atoms with E-state index in [-0.39, 0.29) is 11.8 Å². The Morgan fingerprint density at radius 3 is 3.00 bits per heavy atom. The molecular formula is C15H19ClN4O. The molecule has 1 atom stereocenters. The van der Waals surface area contributed by atoms with Crippen molar-refractivity contribution < 1.29 is 4.79 Å². The SMILES string of the molecule is CC(CCCN)C(=O)Nc1cc(Cl)ccc1-n1cccn1. The molecule has 0 saturated carbocycles. The molecule has 0 fully saturated rings. The van der Waals surface area contributed by atoms with Crippen LogP contribution in [-0.2, 0) is 4.79 Å². The van der Waals surface area contributed by atoms with Crippen LogP contribution in [0.4, 0.5) is 5.69 Å². The Hall–Kier alpha value is -1.85. The van der Waals surface area contributed by atoms with Crippen molar-refractivity contribution in [1.82, 2.24) is 9.78 Å². The molecule has 0 saturated heterocycles. The van der Waals surface area contributed by atoms with Crippen molar-refractivity contribution in [2.75, 3.05) is 11.9 Å². The summed E-state index contributed by atoms with van der Waals surface area (Å²) in [5.74, 6) is -0.142. The molecule has 1 heterocycles. The zero-order valence-corrected chi connectivity index (χ0v) is 12.7. The third-order valence-corrected chi connectivity index (χ3v) is 3.49. The number of benzene rings is 1.